The third-order valence-corrected chi connectivity index (χ3v) is 2.94. The Morgan fingerprint density at radius 3 is 2.48 bits per heavy atom. The fraction of sp³-hybridized carbons (Fsp3) is 0.500. The van der Waals surface area contributed by atoms with Gasteiger partial charge in [0.05, 0.1) is 6.61 Å². The van der Waals surface area contributed by atoms with Crippen LogP contribution >= 0.6 is 0 Å². The van der Waals surface area contributed by atoms with Crippen molar-refractivity contribution >= 4 is 5.97 Å². The van der Waals surface area contributed by atoms with Crippen molar-refractivity contribution in [2.24, 2.45) is 5.92 Å². The molecule has 0 radical (unpaired) electrons. The van der Waals surface area contributed by atoms with Crippen molar-refractivity contribution in [3.63, 3.8) is 0 Å². The Kier molecular flexibility index (Phi) is 6.64. The van der Waals surface area contributed by atoms with Crippen molar-refractivity contribution < 1.29 is 27.8 Å². The highest BCUT2D eigenvalue weighted by Gasteiger charge is 2.44. The van der Waals surface area contributed by atoms with Gasteiger partial charge in [-0.2, -0.15) is 13.2 Å². The van der Waals surface area contributed by atoms with Gasteiger partial charge in [0.15, 0.2) is 5.92 Å². The lowest BCUT2D eigenvalue weighted by Gasteiger charge is -2.17. The van der Waals surface area contributed by atoms with Crippen LogP contribution in [-0.4, -0.2) is 30.4 Å². The number of benzene rings is 1. The molecule has 2 N–H and O–H groups in total. The molecule has 0 aliphatic rings. The van der Waals surface area contributed by atoms with Crippen LogP contribution in [0.1, 0.15) is 18.1 Å². The van der Waals surface area contributed by atoms with Gasteiger partial charge in [-0.15, -0.1) is 0 Å². The lowest BCUT2D eigenvalue weighted by Crippen LogP contribution is -2.39. The Morgan fingerprint density at radius 2 is 1.95 bits per heavy atom. The molecule has 0 fully saturated rings. The number of ether oxygens (including phenoxy) is 1. The van der Waals surface area contributed by atoms with Gasteiger partial charge in [0.25, 0.3) is 0 Å². The first kappa shape index (κ1) is 17.5. The lowest BCUT2D eigenvalue weighted by atomic mass is 10.1. The van der Waals surface area contributed by atoms with Crippen LogP contribution in [0.2, 0.25) is 0 Å². The molecule has 0 saturated heterocycles. The van der Waals surface area contributed by atoms with Gasteiger partial charge >= 0.3 is 12.1 Å². The Labute approximate surface area is 120 Å². The summed E-state index contributed by atoms with van der Waals surface area (Å²) >= 11 is 0. The van der Waals surface area contributed by atoms with E-state index in [0.717, 1.165) is 11.1 Å². The number of rotatable bonds is 8. The van der Waals surface area contributed by atoms with E-state index in [1.807, 2.05) is 19.1 Å². The second-order valence-electron chi connectivity index (χ2n) is 4.47. The third-order valence-electron chi connectivity index (χ3n) is 2.94. The fourth-order valence-corrected chi connectivity index (χ4v) is 1.78. The van der Waals surface area contributed by atoms with E-state index in [4.69, 9.17) is 9.84 Å². The monoisotopic (exact) mass is 305 g/mol. The number of nitrogens with one attached hydrogen (secondary N) is 1. The van der Waals surface area contributed by atoms with E-state index in [1.165, 1.54) is 0 Å². The summed E-state index contributed by atoms with van der Waals surface area (Å²) in [5.41, 5.74) is 1.66. The molecule has 0 bridgehead atoms. The summed E-state index contributed by atoms with van der Waals surface area (Å²) in [6.45, 7) is 2.25. The zero-order valence-electron chi connectivity index (χ0n) is 11.6. The molecule has 1 rings (SSSR count). The molecule has 7 heteroatoms. The molecule has 1 aromatic carbocycles. The van der Waals surface area contributed by atoms with Crippen LogP contribution in [0.5, 0.6) is 0 Å². The zero-order valence-corrected chi connectivity index (χ0v) is 11.6. The number of hydrogen-bond acceptors (Lipinski definition) is 3. The molecule has 0 heterocycles. The van der Waals surface area contributed by atoms with E-state index >= 15 is 0 Å². The Balaban J connectivity index is 2.61. The summed E-state index contributed by atoms with van der Waals surface area (Å²) in [7, 11) is 0. The number of carboxylic acids is 1. The Hall–Kier alpha value is -1.60. The summed E-state index contributed by atoms with van der Waals surface area (Å²) in [5.74, 6) is -4.28. The molecule has 4 nitrogen and oxygen atoms in total. The van der Waals surface area contributed by atoms with Gasteiger partial charge in [0.2, 0.25) is 0 Å². The predicted octanol–water partition coefficient (Wildman–Crippen LogP) is 2.58. The first-order chi connectivity index (χ1) is 9.86. The maximum Gasteiger partial charge on any atom is 0.403 e. The number of carbonyl (C=O) groups is 1. The molecule has 0 saturated carbocycles. The minimum Gasteiger partial charge on any atom is -0.481 e. The smallest absolute Gasteiger partial charge is 0.403 e. The Morgan fingerprint density at radius 1 is 1.33 bits per heavy atom. The van der Waals surface area contributed by atoms with E-state index in [2.05, 4.69) is 5.32 Å². The second-order valence-corrected chi connectivity index (χ2v) is 4.47. The number of halogens is 3. The highest BCUT2D eigenvalue weighted by molar-refractivity contribution is 5.71. The van der Waals surface area contributed by atoms with Crippen molar-refractivity contribution in [1.29, 1.82) is 0 Å². The molecule has 118 valence electrons. The standard InChI is InChI=1S/C14H18F3NO3/c1-2-21-9-11-6-4-3-5-10(11)7-18-8-12(13(19)20)14(15,16)17/h3-6,12,18H,2,7-9H2,1H3,(H,19,20). The van der Waals surface area contributed by atoms with E-state index in [-0.39, 0.29) is 6.54 Å². The number of aliphatic carboxylic acids is 1. The third kappa shape index (κ3) is 5.73. The van der Waals surface area contributed by atoms with Gasteiger partial charge < -0.3 is 15.2 Å². The minimum atomic E-state index is -4.76. The molecule has 0 amide bonds. The molecule has 0 aliphatic heterocycles. The van der Waals surface area contributed by atoms with Crippen LogP contribution in [0, 0.1) is 5.92 Å². The van der Waals surface area contributed by atoms with Crippen LogP contribution in [0.4, 0.5) is 13.2 Å². The number of hydrogen-bond donors (Lipinski definition) is 2. The van der Waals surface area contributed by atoms with Crippen molar-refractivity contribution in [1.82, 2.24) is 5.32 Å². The van der Waals surface area contributed by atoms with Crippen LogP contribution in [-0.2, 0) is 22.7 Å². The maximum absolute atomic E-state index is 12.5. The van der Waals surface area contributed by atoms with E-state index in [0.29, 0.717) is 13.2 Å². The van der Waals surface area contributed by atoms with Gasteiger partial charge in [-0.25, -0.2) is 0 Å². The molecule has 1 atom stereocenters. The van der Waals surface area contributed by atoms with Crippen molar-refractivity contribution in [2.45, 2.75) is 26.3 Å². The summed E-state index contributed by atoms with van der Waals surface area (Å²) in [6, 6.07) is 7.17. The van der Waals surface area contributed by atoms with Gasteiger partial charge in [-0.1, -0.05) is 24.3 Å². The summed E-state index contributed by atoms with van der Waals surface area (Å²) in [5, 5.41) is 11.1. The molecular weight excluding hydrogens is 287 g/mol. The normalized spacial score (nSPS) is 13.1. The van der Waals surface area contributed by atoms with Crippen molar-refractivity contribution in [2.75, 3.05) is 13.2 Å². The number of alkyl halides is 3. The molecular formula is C14H18F3NO3. The molecule has 0 aliphatic carbocycles. The van der Waals surface area contributed by atoms with Crippen LogP contribution in [0.25, 0.3) is 0 Å². The van der Waals surface area contributed by atoms with Gasteiger partial charge in [0, 0.05) is 19.7 Å². The van der Waals surface area contributed by atoms with Crippen LogP contribution in [0.15, 0.2) is 24.3 Å². The fourth-order valence-electron chi connectivity index (χ4n) is 1.78. The zero-order chi connectivity index (χ0) is 15.9. The van der Waals surface area contributed by atoms with E-state index < -0.39 is 24.6 Å². The Bertz CT molecular complexity index is 463. The SMILES string of the molecule is CCOCc1ccccc1CNCC(C(=O)O)C(F)(F)F. The quantitative estimate of drug-likeness (QED) is 0.775. The largest absolute Gasteiger partial charge is 0.481 e. The highest BCUT2D eigenvalue weighted by Crippen LogP contribution is 2.26. The molecule has 1 aromatic rings. The van der Waals surface area contributed by atoms with E-state index in [1.54, 1.807) is 12.1 Å². The molecule has 1 unspecified atom stereocenters. The minimum absolute atomic E-state index is 0.156. The van der Waals surface area contributed by atoms with E-state index in [9.17, 15) is 18.0 Å². The highest BCUT2D eigenvalue weighted by atomic mass is 19.4. The first-order valence-corrected chi connectivity index (χ1v) is 6.51. The van der Waals surface area contributed by atoms with Crippen molar-refractivity contribution in [3.8, 4) is 0 Å². The predicted molar refractivity (Wildman–Crippen MR) is 70.7 cm³/mol. The summed E-state index contributed by atoms with van der Waals surface area (Å²) in [6.07, 6.45) is -4.76. The average Bonchev–Trinajstić information content (AvgIpc) is 2.40. The second kappa shape index (κ2) is 7.99. The first-order valence-electron chi connectivity index (χ1n) is 6.51. The lowest BCUT2D eigenvalue weighted by molar-refractivity contribution is -0.192. The van der Waals surface area contributed by atoms with Gasteiger partial charge in [-0.05, 0) is 18.1 Å². The van der Waals surface area contributed by atoms with Crippen molar-refractivity contribution in [3.05, 3.63) is 35.4 Å². The maximum atomic E-state index is 12.5. The number of carboxylic acid groups (broad SMARTS) is 1. The van der Waals surface area contributed by atoms with Crippen LogP contribution in [0.3, 0.4) is 0 Å². The molecule has 0 aromatic heterocycles. The van der Waals surface area contributed by atoms with Crippen LogP contribution < -0.4 is 5.32 Å². The topological polar surface area (TPSA) is 58.6 Å². The summed E-state index contributed by atoms with van der Waals surface area (Å²) < 4.78 is 42.8. The van der Waals surface area contributed by atoms with Gasteiger partial charge in [-0.3, -0.25) is 4.79 Å². The molecule has 21 heavy (non-hydrogen) atoms. The van der Waals surface area contributed by atoms with Gasteiger partial charge in [0.1, 0.15) is 0 Å². The average molecular weight is 305 g/mol. The summed E-state index contributed by atoms with van der Waals surface area (Å²) in [4.78, 5) is 10.6. The molecule has 0 spiro atoms.